The van der Waals surface area contributed by atoms with Crippen LogP contribution < -0.4 is 4.74 Å². The molecule has 120 valence electrons. The number of phenolic OH excluding ortho intramolecular Hbond substituents is 1. The van der Waals surface area contributed by atoms with E-state index >= 15 is 0 Å². The van der Waals surface area contributed by atoms with Gasteiger partial charge in [0.15, 0.2) is 0 Å². The molecule has 1 unspecified atom stereocenters. The van der Waals surface area contributed by atoms with Gasteiger partial charge < -0.3 is 9.84 Å². The Morgan fingerprint density at radius 1 is 1.32 bits per heavy atom. The van der Waals surface area contributed by atoms with Crippen molar-refractivity contribution in [3.8, 4) is 11.5 Å². The van der Waals surface area contributed by atoms with Crippen LogP contribution in [0.15, 0.2) is 42.2 Å². The fraction of sp³-hybridized carbons (Fsp3) is 0.500. The number of rotatable bonds is 7. The average molecular weight is 300 g/mol. The van der Waals surface area contributed by atoms with Gasteiger partial charge in [0.1, 0.15) is 17.3 Å². The summed E-state index contributed by atoms with van der Waals surface area (Å²) in [6.07, 6.45) is 10.1. The fourth-order valence-electron chi connectivity index (χ4n) is 2.92. The Kier molecular flexibility index (Phi) is 6.11. The lowest BCUT2D eigenvalue weighted by Crippen LogP contribution is -2.11. The maximum atomic E-state index is 9.89. The Labute approximate surface area is 134 Å². The molecule has 1 aromatic rings. The number of benzene rings is 1. The highest BCUT2D eigenvalue weighted by Gasteiger charge is 2.17. The maximum Gasteiger partial charge on any atom is 0.130 e. The number of hydrogen-bond acceptors (Lipinski definition) is 2. The van der Waals surface area contributed by atoms with Crippen molar-refractivity contribution in [2.45, 2.75) is 58.8 Å². The van der Waals surface area contributed by atoms with Crippen LogP contribution in [0.1, 0.15) is 57.9 Å². The molecule has 0 spiro atoms. The number of aryl methyl sites for hydroxylation is 1. The van der Waals surface area contributed by atoms with E-state index in [1.807, 2.05) is 12.1 Å². The summed E-state index contributed by atoms with van der Waals surface area (Å²) in [5.41, 5.74) is 2.59. The van der Waals surface area contributed by atoms with Crippen LogP contribution in [0.4, 0.5) is 0 Å². The average Bonchev–Trinajstić information content (AvgIpc) is 2.47. The third-order valence-electron chi connectivity index (χ3n) is 4.36. The molecule has 0 saturated heterocycles. The van der Waals surface area contributed by atoms with E-state index in [4.69, 9.17) is 4.74 Å². The van der Waals surface area contributed by atoms with Crippen molar-refractivity contribution in [3.05, 3.63) is 47.7 Å². The smallest absolute Gasteiger partial charge is 0.130 e. The summed E-state index contributed by atoms with van der Waals surface area (Å²) in [5, 5.41) is 9.89. The first-order chi connectivity index (χ1) is 10.6. The van der Waals surface area contributed by atoms with Crippen molar-refractivity contribution in [1.82, 2.24) is 0 Å². The van der Waals surface area contributed by atoms with Crippen LogP contribution in [-0.4, -0.2) is 5.11 Å². The molecule has 2 heteroatoms. The van der Waals surface area contributed by atoms with Gasteiger partial charge in [-0.3, -0.25) is 0 Å². The second-order valence-electron chi connectivity index (χ2n) is 6.38. The van der Waals surface area contributed by atoms with E-state index in [1.165, 1.54) is 18.4 Å². The number of ether oxygens (including phenoxy) is 1. The van der Waals surface area contributed by atoms with Gasteiger partial charge >= 0.3 is 0 Å². The Balaban J connectivity index is 1.98. The van der Waals surface area contributed by atoms with Crippen LogP contribution in [0.2, 0.25) is 0 Å². The highest BCUT2D eigenvalue weighted by Crippen LogP contribution is 2.31. The topological polar surface area (TPSA) is 29.5 Å². The van der Waals surface area contributed by atoms with Gasteiger partial charge in [-0.25, -0.2) is 0 Å². The molecule has 0 radical (unpaired) electrons. The van der Waals surface area contributed by atoms with E-state index in [0.29, 0.717) is 11.7 Å². The van der Waals surface area contributed by atoms with Gasteiger partial charge in [0.25, 0.3) is 0 Å². The standard InChI is InChI=1S/C20H28O2/c1-4-5-6-7-17-12-19(21)14-20(13-17)22-16(3)18-10-8-15(2)9-11-18/h8,12-14,18,21H,3-7,9-11H2,1-2H3. The van der Waals surface area contributed by atoms with Crippen LogP contribution in [0.3, 0.4) is 0 Å². The van der Waals surface area contributed by atoms with E-state index in [9.17, 15) is 5.11 Å². The molecular weight excluding hydrogens is 272 g/mol. The van der Waals surface area contributed by atoms with Crippen LogP contribution in [0, 0.1) is 5.92 Å². The Morgan fingerprint density at radius 3 is 2.82 bits per heavy atom. The van der Waals surface area contributed by atoms with Crippen molar-refractivity contribution < 1.29 is 9.84 Å². The summed E-state index contributed by atoms with van der Waals surface area (Å²) >= 11 is 0. The summed E-state index contributed by atoms with van der Waals surface area (Å²) in [7, 11) is 0. The summed E-state index contributed by atoms with van der Waals surface area (Å²) in [6, 6.07) is 5.54. The summed E-state index contributed by atoms with van der Waals surface area (Å²) in [6.45, 7) is 8.47. The normalized spacial score (nSPS) is 17.9. The monoisotopic (exact) mass is 300 g/mol. The summed E-state index contributed by atoms with van der Waals surface area (Å²) in [5.74, 6) is 2.18. The molecule has 0 aliphatic heterocycles. The lowest BCUT2D eigenvalue weighted by Gasteiger charge is -2.22. The predicted molar refractivity (Wildman–Crippen MR) is 92.2 cm³/mol. The number of hydrogen-bond donors (Lipinski definition) is 1. The SMILES string of the molecule is C=C(Oc1cc(O)cc(CCCCC)c1)C1CC=C(C)CC1. The van der Waals surface area contributed by atoms with E-state index in [2.05, 4.69) is 26.5 Å². The number of phenols is 1. The van der Waals surface area contributed by atoms with Crippen molar-refractivity contribution in [2.24, 2.45) is 5.92 Å². The molecule has 1 N–H and O–H groups in total. The Morgan fingerprint density at radius 2 is 2.14 bits per heavy atom. The first kappa shape index (κ1) is 16.7. The van der Waals surface area contributed by atoms with Crippen LogP contribution in [0.5, 0.6) is 11.5 Å². The third kappa shape index (κ3) is 4.94. The zero-order valence-electron chi connectivity index (χ0n) is 13.9. The minimum Gasteiger partial charge on any atom is -0.508 e. The molecule has 0 aromatic heterocycles. The molecule has 0 heterocycles. The van der Waals surface area contributed by atoms with Gasteiger partial charge in [-0.1, -0.05) is 38.0 Å². The molecule has 0 amide bonds. The highest BCUT2D eigenvalue weighted by molar-refractivity contribution is 5.38. The summed E-state index contributed by atoms with van der Waals surface area (Å²) in [4.78, 5) is 0. The molecule has 1 aliphatic rings. The fourth-order valence-corrected chi connectivity index (χ4v) is 2.92. The van der Waals surface area contributed by atoms with Crippen molar-refractivity contribution in [2.75, 3.05) is 0 Å². The molecule has 22 heavy (non-hydrogen) atoms. The van der Waals surface area contributed by atoms with E-state index in [-0.39, 0.29) is 5.75 Å². The van der Waals surface area contributed by atoms with Gasteiger partial charge in [0.05, 0.1) is 0 Å². The first-order valence-electron chi connectivity index (χ1n) is 8.43. The highest BCUT2D eigenvalue weighted by atomic mass is 16.5. The quantitative estimate of drug-likeness (QED) is 0.394. The minimum atomic E-state index is 0.274. The van der Waals surface area contributed by atoms with Crippen LogP contribution in [0.25, 0.3) is 0 Å². The number of allylic oxidation sites excluding steroid dienone is 3. The van der Waals surface area contributed by atoms with Crippen molar-refractivity contribution >= 4 is 0 Å². The van der Waals surface area contributed by atoms with Gasteiger partial charge in [0.2, 0.25) is 0 Å². The second-order valence-corrected chi connectivity index (χ2v) is 6.38. The van der Waals surface area contributed by atoms with Gasteiger partial charge in [0, 0.05) is 12.0 Å². The first-order valence-corrected chi connectivity index (χ1v) is 8.43. The minimum absolute atomic E-state index is 0.274. The van der Waals surface area contributed by atoms with Crippen molar-refractivity contribution in [1.29, 1.82) is 0 Å². The summed E-state index contributed by atoms with van der Waals surface area (Å²) < 4.78 is 5.93. The maximum absolute atomic E-state index is 9.89. The largest absolute Gasteiger partial charge is 0.508 e. The molecule has 1 atom stereocenters. The second kappa shape index (κ2) is 8.07. The molecule has 0 bridgehead atoms. The van der Waals surface area contributed by atoms with Crippen LogP contribution in [-0.2, 0) is 6.42 Å². The Bertz CT molecular complexity index is 543. The van der Waals surface area contributed by atoms with Gasteiger partial charge in [-0.2, -0.15) is 0 Å². The zero-order chi connectivity index (χ0) is 15.9. The predicted octanol–water partition coefficient (Wildman–Crippen LogP) is 5.76. The van der Waals surface area contributed by atoms with E-state index < -0.39 is 0 Å². The molecule has 2 nitrogen and oxygen atoms in total. The van der Waals surface area contributed by atoms with Crippen molar-refractivity contribution in [3.63, 3.8) is 0 Å². The Hall–Kier alpha value is -1.70. The molecule has 1 aliphatic carbocycles. The van der Waals surface area contributed by atoms with Gasteiger partial charge in [-0.05, 0) is 56.7 Å². The lowest BCUT2D eigenvalue weighted by atomic mass is 9.89. The zero-order valence-corrected chi connectivity index (χ0v) is 13.9. The lowest BCUT2D eigenvalue weighted by molar-refractivity contribution is 0.330. The molecule has 2 rings (SSSR count). The molecule has 1 aromatic carbocycles. The van der Waals surface area contributed by atoms with E-state index in [1.54, 1.807) is 6.07 Å². The van der Waals surface area contributed by atoms with Gasteiger partial charge in [-0.15, -0.1) is 0 Å². The molecular formula is C20H28O2. The van der Waals surface area contributed by atoms with Crippen LogP contribution >= 0.6 is 0 Å². The third-order valence-corrected chi connectivity index (χ3v) is 4.36. The number of aromatic hydroxyl groups is 1. The molecule has 0 fully saturated rings. The molecule has 0 saturated carbocycles. The van der Waals surface area contributed by atoms with E-state index in [0.717, 1.165) is 43.4 Å². The number of unbranched alkanes of at least 4 members (excludes halogenated alkanes) is 2.